The number of amides is 1. The van der Waals surface area contributed by atoms with E-state index in [4.69, 9.17) is 9.47 Å². The number of anilines is 1. The highest BCUT2D eigenvalue weighted by Crippen LogP contribution is 2.46. The van der Waals surface area contributed by atoms with Crippen LogP contribution in [0, 0.1) is 17.3 Å². The van der Waals surface area contributed by atoms with Gasteiger partial charge in [-0.15, -0.1) is 11.3 Å². The lowest BCUT2D eigenvalue weighted by molar-refractivity contribution is -0.123. The quantitative estimate of drug-likeness (QED) is 0.324. The van der Waals surface area contributed by atoms with Crippen LogP contribution in [0.25, 0.3) is 0 Å². The fraction of sp³-hybridized carbons (Fsp3) is 0.786. The first kappa shape index (κ1) is 28.1. The molecule has 2 saturated carbocycles. The van der Waals surface area contributed by atoms with Gasteiger partial charge in [0, 0.05) is 24.4 Å². The molecule has 0 radical (unpaired) electrons. The fourth-order valence-corrected chi connectivity index (χ4v) is 6.69. The second-order valence-corrected chi connectivity index (χ2v) is 12.7. The van der Waals surface area contributed by atoms with Crippen LogP contribution in [0.4, 0.5) is 5.69 Å². The average Bonchev–Trinajstić information content (AvgIpc) is 3.26. The number of hydrogen-bond acceptors (Lipinski definition) is 5. The topological polar surface area (TPSA) is 76.1 Å². The molecule has 0 saturated heterocycles. The molecule has 2 fully saturated rings. The van der Waals surface area contributed by atoms with E-state index < -0.39 is 5.97 Å². The van der Waals surface area contributed by atoms with Crippen molar-refractivity contribution in [2.75, 3.05) is 25.3 Å². The number of carboxylic acids is 1. The summed E-state index contributed by atoms with van der Waals surface area (Å²) in [6, 6.07) is 2.03. The van der Waals surface area contributed by atoms with Gasteiger partial charge in [-0.05, 0) is 94.4 Å². The van der Waals surface area contributed by atoms with Crippen LogP contribution in [0.15, 0.2) is 6.07 Å². The Labute approximate surface area is 215 Å². The first-order valence-electron chi connectivity index (χ1n) is 13.4. The van der Waals surface area contributed by atoms with Gasteiger partial charge < -0.3 is 19.5 Å². The predicted molar refractivity (Wildman–Crippen MR) is 141 cm³/mol. The van der Waals surface area contributed by atoms with Crippen LogP contribution < -0.4 is 4.90 Å². The minimum Gasteiger partial charge on any atom is -0.477 e. The Kier molecular flexibility index (Phi) is 10.2. The first-order valence-corrected chi connectivity index (χ1v) is 14.2. The third kappa shape index (κ3) is 7.77. The van der Waals surface area contributed by atoms with E-state index in [1.54, 1.807) is 12.0 Å². The highest BCUT2D eigenvalue weighted by molar-refractivity contribution is 7.14. The molecule has 0 aliphatic heterocycles. The minimum atomic E-state index is -0.931. The van der Waals surface area contributed by atoms with E-state index in [1.807, 2.05) is 13.0 Å². The van der Waals surface area contributed by atoms with E-state index >= 15 is 0 Å². The summed E-state index contributed by atoms with van der Waals surface area (Å²) in [6.07, 6.45) is 9.91. The molecule has 6 nitrogen and oxygen atoms in total. The van der Waals surface area contributed by atoms with Gasteiger partial charge in [0.15, 0.2) is 0 Å². The van der Waals surface area contributed by atoms with Crippen LogP contribution in [0.3, 0.4) is 0 Å². The van der Waals surface area contributed by atoms with E-state index in [2.05, 4.69) is 20.8 Å². The summed E-state index contributed by atoms with van der Waals surface area (Å²) in [6.45, 7) is 9.64. The average molecular weight is 508 g/mol. The van der Waals surface area contributed by atoms with Crippen molar-refractivity contribution in [3.8, 4) is 0 Å². The zero-order valence-corrected chi connectivity index (χ0v) is 23.1. The van der Waals surface area contributed by atoms with Crippen molar-refractivity contribution in [1.29, 1.82) is 0 Å². The number of rotatable bonds is 11. The summed E-state index contributed by atoms with van der Waals surface area (Å²) >= 11 is 1.38. The molecule has 1 aromatic rings. The second-order valence-electron chi connectivity index (χ2n) is 11.6. The number of carbonyl (C=O) groups is 2. The molecule has 0 spiro atoms. The first-order chi connectivity index (χ1) is 16.6. The monoisotopic (exact) mass is 507 g/mol. The summed E-state index contributed by atoms with van der Waals surface area (Å²) in [7, 11) is 1.60. The largest absolute Gasteiger partial charge is 0.477 e. The number of carbonyl (C=O) groups excluding carboxylic acids is 1. The minimum absolute atomic E-state index is 0.0185. The van der Waals surface area contributed by atoms with Crippen molar-refractivity contribution in [3.63, 3.8) is 0 Å². The molecule has 1 aromatic heterocycles. The molecule has 198 valence electrons. The fourth-order valence-electron chi connectivity index (χ4n) is 5.52. The molecule has 1 unspecified atom stereocenters. The van der Waals surface area contributed by atoms with E-state index in [-0.39, 0.29) is 24.7 Å². The van der Waals surface area contributed by atoms with Crippen LogP contribution in [-0.2, 0) is 14.3 Å². The molecular formula is C28H45NO5S. The van der Waals surface area contributed by atoms with Crippen molar-refractivity contribution in [2.45, 2.75) is 104 Å². The van der Waals surface area contributed by atoms with Gasteiger partial charge in [0.1, 0.15) is 11.7 Å². The molecule has 1 N–H and O–H groups in total. The summed E-state index contributed by atoms with van der Waals surface area (Å²) in [5.74, 6) is 0.186. The number of hydrogen-bond donors (Lipinski definition) is 1. The molecule has 35 heavy (non-hydrogen) atoms. The number of aromatic carboxylic acids is 1. The maximum Gasteiger partial charge on any atom is 0.348 e. The van der Waals surface area contributed by atoms with E-state index in [9.17, 15) is 14.7 Å². The number of thiophene rings is 1. The van der Waals surface area contributed by atoms with E-state index in [1.165, 1.54) is 11.3 Å². The van der Waals surface area contributed by atoms with Gasteiger partial charge in [-0.2, -0.15) is 0 Å². The summed E-state index contributed by atoms with van der Waals surface area (Å²) < 4.78 is 10.6. The van der Waals surface area contributed by atoms with Gasteiger partial charge in [0.2, 0.25) is 5.91 Å². The molecule has 0 bridgehead atoms. The number of ether oxygens (including phenoxy) is 2. The normalized spacial score (nSPS) is 23.7. The van der Waals surface area contributed by atoms with Gasteiger partial charge in [-0.1, -0.05) is 20.8 Å². The summed E-state index contributed by atoms with van der Waals surface area (Å²) in [4.78, 5) is 29.3. The predicted octanol–water partition coefficient (Wildman–Crippen LogP) is 7.08. The Morgan fingerprint density at radius 2 is 1.83 bits per heavy atom. The molecule has 2 aliphatic rings. The lowest BCUT2D eigenvalue weighted by atomic mass is 9.73. The zero-order valence-electron chi connectivity index (χ0n) is 22.3. The summed E-state index contributed by atoms with van der Waals surface area (Å²) in [5.41, 5.74) is 0.963. The maximum absolute atomic E-state index is 13.8. The molecule has 0 aromatic carbocycles. The SMILES string of the molecule is COCOC(C)CCCN(C(=O)C1CCC(C)CC1)c1cc(C2CCC(C)(C)CC2)sc1C(=O)O. The molecule has 2 aliphatic carbocycles. The van der Waals surface area contributed by atoms with E-state index in [0.717, 1.165) is 69.1 Å². The smallest absolute Gasteiger partial charge is 0.348 e. The standard InChI is InChI=1S/C28H45NO5S/c1-19-8-10-22(11-9-19)26(30)29(16-6-7-20(2)34-18-33-5)23-17-24(35-25(23)27(31)32)21-12-14-28(3,4)15-13-21/h17,19-22H,6-16,18H2,1-5H3,(H,31,32). The van der Waals surface area contributed by atoms with Crippen molar-refractivity contribution in [2.24, 2.45) is 17.3 Å². The third-order valence-electron chi connectivity index (χ3n) is 8.05. The van der Waals surface area contributed by atoms with Crippen LogP contribution in [-0.4, -0.2) is 43.5 Å². The van der Waals surface area contributed by atoms with Crippen molar-refractivity contribution in [3.05, 3.63) is 15.8 Å². The summed E-state index contributed by atoms with van der Waals surface area (Å²) in [5, 5.41) is 10.1. The van der Waals surface area contributed by atoms with Crippen molar-refractivity contribution in [1.82, 2.24) is 0 Å². The lowest BCUT2D eigenvalue weighted by Gasteiger charge is -2.34. The molecule has 1 heterocycles. The third-order valence-corrected chi connectivity index (χ3v) is 9.33. The number of carboxylic acid groups (broad SMARTS) is 1. The molecule has 7 heteroatoms. The van der Waals surface area contributed by atoms with Gasteiger partial charge in [-0.25, -0.2) is 4.79 Å². The van der Waals surface area contributed by atoms with Crippen LogP contribution in [0.1, 0.15) is 112 Å². The second kappa shape index (κ2) is 12.7. The van der Waals surface area contributed by atoms with Gasteiger partial charge in [0.25, 0.3) is 0 Å². The Balaban J connectivity index is 1.82. The number of methoxy groups -OCH3 is 1. The van der Waals surface area contributed by atoms with Crippen molar-refractivity contribution >= 4 is 28.9 Å². The number of nitrogens with zero attached hydrogens (tertiary/aromatic N) is 1. The Hall–Kier alpha value is -1.44. The van der Waals surface area contributed by atoms with E-state index in [0.29, 0.717) is 34.4 Å². The molecule has 3 rings (SSSR count). The lowest BCUT2D eigenvalue weighted by Crippen LogP contribution is -2.39. The van der Waals surface area contributed by atoms with Crippen LogP contribution in [0.5, 0.6) is 0 Å². The maximum atomic E-state index is 13.8. The van der Waals surface area contributed by atoms with Crippen LogP contribution in [0.2, 0.25) is 0 Å². The van der Waals surface area contributed by atoms with Gasteiger partial charge >= 0.3 is 5.97 Å². The van der Waals surface area contributed by atoms with Gasteiger partial charge in [0.05, 0.1) is 11.8 Å². The van der Waals surface area contributed by atoms with Crippen molar-refractivity contribution < 1.29 is 24.2 Å². The molecule has 1 amide bonds. The Morgan fingerprint density at radius 1 is 1.17 bits per heavy atom. The Morgan fingerprint density at radius 3 is 2.43 bits per heavy atom. The molecular weight excluding hydrogens is 462 g/mol. The van der Waals surface area contributed by atoms with Crippen LogP contribution >= 0.6 is 11.3 Å². The molecule has 1 atom stereocenters. The van der Waals surface area contributed by atoms with Gasteiger partial charge in [-0.3, -0.25) is 4.79 Å². The highest BCUT2D eigenvalue weighted by atomic mass is 32.1. The Bertz CT molecular complexity index is 832. The zero-order chi connectivity index (χ0) is 25.6. The highest BCUT2D eigenvalue weighted by Gasteiger charge is 2.34.